The molecular formula is C21H27ClN4O. The van der Waals surface area contributed by atoms with Gasteiger partial charge < -0.3 is 9.80 Å². The molecule has 1 saturated carbocycles. The second-order valence-electron chi connectivity index (χ2n) is 8.02. The van der Waals surface area contributed by atoms with E-state index in [2.05, 4.69) is 28.1 Å². The predicted molar refractivity (Wildman–Crippen MR) is 109 cm³/mol. The van der Waals surface area contributed by atoms with Gasteiger partial charge in [0, 0.05) is 42.2 Å². The molecule has 27 heavy (non-hydrogen) atoms. The van der Waals surface area contributed by atoms with Crippen LogP contribution in [0.1, 0.15) is 31.2 Å². The van der Waals surface area contributed by atoms with E-state index < -0.39 is 0 Å². The molecule has 2 heterocycles. The molecule has 0 spiro atoms. The van der Waals surface area contributed by atoms with E-state index in [0.717, 1.165) is 42.4 Å². The first kappa shape index (κ1) is 18.5. The topological polar surface area (TPSA) is 39.1 Å². The SMILES string of the molecule is CN(C)CCN1C(=O)CCN2CC1=CC(C1(c3ccccc3Cl)CCC1)=N2. The van der Waals surface area contributed by atoms with Gasteiger partial charge in [-0.15, -0.1) is 0 Å². The Balaban J connectivity index is 1.71. The largest absolute Gasteiger partial charge is 0.313 e. The van der Waals surface area contributed by atoms with Gasteiger partial charge in [0.15, 0.2) is 0 Å². The number of fused-ring (bicyclic) bond motifs is 2. The Hall–Kier alpha value is -1.85. The number of hydrogen-bond donors (Lipinski definition) is 0. The number of carbonyl (C=O) groups is 1. The summed E-state index contributed by atoms with van der Waals surface area (Å²) in [5.41, 5.74) is 3.18. The second kappa shape index (κ2) is 7.28. The van der Waals surface area contributed by atoms with Gasteiger partial charge in [0.05, 0.1) is 12.3 Å². The smallest absolute Gasteiger partial charge is 0.228 e. The van der Waals surface area contributed by atoms with Crippen molar-refractivity contribution in [3.8, 4) is 0 Å². The Labute approximate surface area is 166 Å². The zero-order valence-corrected chi connectivity index (χ0v) is 16.9. The van der Waals surface area contributed by atoms with Crippen molar-refractivity contribution >= 4 is 23.2 Å². The van der Waals surface area contributed by atoms with Gasteiger partial charge >= 0.3 is 0 Å². The van der Waals surface area contributed by atoms with Crippen molar-refractivity contribution in [2.45, 2.75) is 31.1 Å². The molecule has 1 saturated heterocycles. The molecule has 5 nitrogen and oxygen atoms in total. The molecule has 2 bridgehead atoms. The summed E-state index contributed by atoms with van der Waals surface area (Å²) in [6.45, 7) is 2.96. The molecule has 144 valence electrons. The summed E-state index contributed by atoms with van der Waals surface area (Å²) in [5, 5.41) is 7.84. The summed E-state index contributed by atoms with van der Waals surface area (Å²) >= 11 is 6.57. The number of allylic oxidation sites excluding steroid dienone is 1. The molecule has 0 unspecified atom stereocenters. The molecular weight excluding hydrogens is 360 g/mol. The second-order valence-corrected chi connectivity index (χ2v) is 8.43. The van der Waals surface area contributed by atoms with Crippen LogP contribution in [-0.2, 0) is 10.2 Å². The van der Waals surface area contributed by atoms with Gasteiger partial charge in [-0.2, -0.15) is 5.10 Å². The lowest BCUT2D eigenvalue weighted by atomic mass is 9.61. The van der Waals surface area contributed by atoms with Crippen LogP contribution in [0.2, 0.25) is 5.02 Å². The van der Waals surface area contributed by atoms with E-state index in [1.807, 2.05) is 31.1 Å². The monoisotopic (exact) mass is 386 g/mol. The summed E-state index contributed by atoms with van der Waals surface area (Å²) in [6, 6.07) is 8.13. The maximum Gasteiger partial charge on any atom is 0.228 e. The average Bonchev–Trinajstić information content (AvgIpc) is 2.70. The summed E-state index contributed by atoms with van der Waals surface area (Å²) in [4.78, 5) is 16.8. The van der Waals surface area contributed by atoms with Crippen LogP contribution < -0.4 is 0 Å². The third kappa shape index (κ3) is 3.39. The Morgan fingerprint density at radius 1 is 1.26 bits per heavy atom. The summed E-state index contributed by atoms with van der Waals surface area (Å²) in [6.07, 6.45) is 5.97. The van der Waals surface area contributed by atoms with Crippen LogP contribution in [0, 0.1) is 0 Å². The van der Waals surface area contributed by atoms with Crippen molar-refractivity contribution in [2.24, 2.45) is 5.10 Å². The molecule has 0 aromatic heterocycles. The van der Waals surface area contributed by atoms with Crippen molar-refractivity contribution in [3.63, 3.8) is 0 Å². The van der Waals surface area contributed by atoms with Crippen LogP contribution in [0.4, 0.5) is 0 Å². The number of hydrogen-bond acceptors (Lipinski definition) is 4. The first-order chi connectivity index (χ1) is 13.0. The number of carbonyl (C=O) groups excluding carboxylic acids is 1. The van der Waals surface area contributed by atoms with Crippen LogP contribution >= 0.6 is 11.6 Å². The van der Waals surface area contributed by atoms with Crippen LogP contribution in [0.15, 0.2) is 41.1 Å². The highest BCUT2D eigenvalue weighted by Crippen LogP contribution is 2.48. The Kier molecular flexibility index (Phi) is 4.99. The minimum absolute atomic E-state index is 0.122. The number of hydrazone groups is 1. The number of nitrogens with zero attached hydrogens (tertiary/aromatic N) is 4. The van der Waals surface area contributed by atoms with E-state index in [1.165, 1.54) is 12.0 Å². The minimum Gasteiger partial charge on any atom is -0.313 e. The van der Waals surface area contributed by atoms with E-state index >= 15 is 0 Å². The molecule has 2 fully saturated rings. The lowest BCUT2D eigenvalue weighted by molar-refractivity contribution is -0.128. The maximum absolute atomic E-state index is 12.7. The molecule has 0 N–H and O–H groups in total. The molecule has 1 amide bonds. The van der Waals surface area contributed by atoms with Crippen molar-refractivity contribution < 1.29 is 4.79 Å². The molecule has 3 aliphatic rings. The van der Waals surface area contributed by atoms with E-state index in [1.54, 1.807) is 0 Å². The maximum atomic E-state index is 12.7. The number of halogens is 1. The van der Waals surface area contributed by atoms with Crippen molar-refractivity contribution in [2.75, 3.05) is 40.3 Å². The Morgan fingerprint density at radius 3 is 2.70 bits per heavy atom. The summed E-state index contributed by atoms with van der Waals surface area (Å²) in [5.74, 6) is 0.197. The molecule has 1 aromatic carbocycles. The number of benzene rings is 1. The van der Waals surface area contributed by atoms with Gasteiger partial charge in [-0.25, -0.2) is 0 Å². The van der Waals surface area contributed by atoms with Gasteiger partial charge in [0.2, 0.25) is 5.91 Å². The first-order valence-corrected chi connectivity index (χ1v) is 10.1. The third-order valence-corrected chi connectivity index (χ3v) is 6.32. The van der Waals surface area contributed by atoms with Crippen LogP contribution in [0.25, 0.3) is 0 Å². The third-order valence-electron chi connectivity index (χ3n) is 5.99. The molecule has 0 radical (unpaired) electrons. The highest BCUT2D eigenvalue weighted by atomic mass is 35.5. The van der Waals surface area contributed by atoms with E-state index in [4.69, 9.17) is 16.7 Å². The van der Waals surface area contributed by atoms with Crippen LogP contribution in [0.3, 0.4) is 0 Å². The highest BCUT2D eigenvalue weighted by molar-refractivity contribution is 6.32. The zero-order chi connectivity index (χ0) is 19.0. The summed E-state index contributed by atoms with van der Waals surface area (Å²) in [7, 11) is 4.08. The Bertz CT molecular complexity index is 797. The fourth-order valence-electron chi connectivity index (χ4n) is 4.26. The minimum atomic E-state index is -0.122. The lowest BCUT2D eigenvalue weighted by Gasteiger charge is -2.45. The van der Waals surface area contributed by atoms with Gasteiger partial charge in [0.1, 0.15) is 0 Å². The van der Waals surface area contributed by atoms with Crippen molar-refractivity contribution in [1.29, 1.82) is 0 Å². The van der Waals surface area contributed by atoms with Gasteiger partial charge in [-0.1, -0.05) is 36.2 Å². The predicted octanol–water partition coefficient (Wildman–Crippen LogP) is 3.11. The number of rotatable bonds is 5. The standard InChI is InChI=1S/C21H27ClN4O/c1-24(2)12-13-26-16-14-19(23-25(15-16)11-8-20(26)27)21(9-5-10-21)17-6-3-4-7-18(17)22/h3-4,6-7,14H,5,8-13,15H2,1-2H3. The molecule has 1 aromatic rings. The zero-order valence-electron chi connectivity index (χ0n) is 16.1. The molecule has 2 aliphatic heterocycles. The van der Waals surface area contributed by atoms with Gasteiger partial charge in [-0.05, 0) is 44.6 Å². The number of amides is 1. The molecule has 0 atom stereocenters. The molecule has 6 heteroatoms. The van der Waals surface area contributed by atoms with Crippen LogP contribution in [-0.4, -0.2) is 66.7 Å². The quantitative estimate of drug-likeness (QED) is 0.780. The molecule has 1 aliphatic carbocycles. The average molecular weight is 387 g/mol. The van der Waals surface area contributed by atoms with Gasteiger partial charge in [-0.3, -0.25) is 9.80 Å². The molecule has 4 rings (SSSR count). The normalized spacial score (nSPS) is 21.6. The first-order valence-electron chi connectivity index (χ1n) is 9.74. The van der Waals surface area contributed by atoms with E-state index in [-0.39, 0.29) is 11.3 Å². The van der Waals surface area contributed by atoms with Crippen molar-refractivity contribution in [3.05, 3.63) is 46.6 Å². The van der Waals surface area contributed by atoms with Crippen molar-refractivity contribution in [1.82, 2.24) is 14.8 Å². The van der Waals surface area contributed by atoms with E-state index in [0.29, 0.717) is 19.5 Å². The lowest BCUT2D eigenvalue weighted by Crippen LogP contribution is -2.46. The highest BCUT2D eigenvalue weighted by Gasteiger charge is 2.45. The van der Waals surface area contributed by atoms with Gasteiger partial charge in [0.25, 0.3) is 0 Å². The fraction of sp³-hybridized carbons (Fsp3) is 0.524. The fourth-order valence-corrected chi connectivity index (χ4v) is 4.58. The Morgan fingerprint density at radius 2 is 2.04 bits per heavy atom. The summed E-state index contributed by atoms with van der Waals surface area (Å²) < 4.78 is 0. The van der Waals surface area contributed by atoms with E-state index in [9.17, 15) is 4.79 Å². The number of likely N-dealkylation sites (N-methyl/N-ethyl adjacent to an activating group) is 1. The van der Waals surface area contributed by atoms with Crippen LogP contribution in [0.5, 0.6) is 0 Å².